The van der Waals surface area contributed by atoms with Gasteiger partial charge in [-0.2, -0.15) is 5.10 Å². The Bertz CT molecular complexity index is 838. The SMILES string of the molecule is CN1C(=O)C[C@@H](CNC(=O)C(C)(C)C)[C@@H]1c1cnn(-c2ccc(F)cc2)c1. The molecule has 0 spiro atoms. The second-order valence-corrected chi connectivity index (χ2v) is 8.07. The van der Waals surface area contributed by atoms with E-state index in [1.165, 1.54) is 12.1 Å². The van der Waals surface area contributed by atoms with E-state index in [2.05, 4.69) is 10.4 Å². The number of hydrogen-bond acceptors (Lipinski definition) is 3. The van der Waals surface area contributed by atoms with Gasteiger partial charge in [-0.05, 0) is 24.3 Å². The maximum atomic E-state index is 13.1. The van der Waals surface area contributed by atoms with E-state index in [4.69, 9.17) is 0 Å². The summed E-state index contributed by atoms with van der Waals surface area (Å²) in [5.74, 6) is -0.323. The van der Waals surface area contributed by atoms with Crippen LogP contribution in [0.4, 0.5) is 4.39 Å². The molecule has 7 heteroatoms. The van der Waals surface area contributed by atoms with E-state index in [-0.39, 0.29) is 29.6 Å². The Hall–Kier alpha value is -2.70. The van der Waals surface area contributed by atoms with Crippen molar-refractivity contribution in [3.63, 3.8) is 0 Å². The highest BCUT2D eigenvalue weighted by Crippen LogP contribution is 2.36. The van der Waals surface area contributed by atoms with Gasteiger partial charge in [0.25, 0.3) is 0 Å². The summed E-state index contributed by atoms with van der Waals surface area (Å²) in [4.78, 5) is 26.2. The number of rotatable bonds is 4. The lowest BCUT2D eigenvalue weighted by Crippen LogP contribution is -2.38. The number of nitrogens with one attached hydrogen (secondary N) is 1. The van der Waals surface area contributed by atoms with Gasteiger partial charge in [0.1, 0.15) is 5.82 Å². The molecule has 0 aliphatic carbocycles. The van der Waals surface area contributed by atoms with Crippen molar-refractivity contribution >= 4 is 11.8 Å². The van der Waals surface area contributed by atoms with Gasteiger partial charge in [0.2, 0.25) is 11.8 Å². The number of hydrogen-bond donors (Lipinski definition) is 1. The molecule has 0 bridgehead atoms. The highest BCUT2D eigenvalue weighted by Gasteiger charge is 2.39. The lowest BCUT2D eigenvalue weighted by Gasteiger charge is -2.25. The van der Waals surface area contributed by atoms with Gasteiger partial charge < -0.3 is 10.2 Å². The van der Waals surface area contributed by atoms with Crippen LogP contribution < -0.4 is 5.32 Å². The molecule has 0 saturated carbocycles. The maximum Gasteiger partial charge on any atom is 0.225 e. The fourth-order valence-electron chi connectivity index (χ4n) is 3.34. The zero-order chi connectivity index (χ0) is 19.8. The largest absolute Gasteiger partial charge is 0.355 e. The Morgan fingerprint density at radius 3 is 2.59 bits per heavy atom. The summed E-state index contributed by atoms with van der Waals surface area (Å²) in [7, 11) is 1.77. The maximum absolute atomic E-state index is 13.1. The molecule has 1 N–H and O–H groups in total. The molecule has 2 aromatic rings. The summed E-state index contributed by atoms with van der Waals surface area (Å²) in [6.45, 7) is 6.01. The lowest BCUT2D eigenvalue weighted by molar-refractivity contribution is -0.129. The molecule has 27 heavy (non-hydrogen) atoms. The summed E-state index contributed by atoms with van der Waals surface area (Å²) in [6.07, 6.45) is 3.96. The van der Waals surface area contributed by atoms with Gasteiger partial charge in [0, 0.05) is 43.1 Å². The fourth-order valence-corrected chi connectivity index (χ4v) is 3.34. The van der Waals surface area contributed by atoms with E-state index in [1.54, 1.807) is 35.0 Å². The fraction of sp³-hybridized carbons (Fsp3) is 0.450. The Morgan fingerprint density at radius 2 is 1.96 bits per heavy atom. The van der Waals surface area contributed by atoms with Crippen molar-refractivity contribution in [1.82, 2.24) is 20.0 Å². The quantitative estimate of drug-likeness (QED) is 0.897. The second kappa shape index (κ2) is 7.13. The van der Waals surface area contributed by atoms with Crippen LogP contribution in [0.1, 0.15) is 38.8 Å². The molecular formula is C20H25FN4O2. The Morgan fingerprint density at radius 1 is 1.30 bits per heavy atom. The highest BCUT2D eigenvalue weighted by atomic mass is 19.1. The monoisotopic (exact) mass is 372 g/mol. The van der Waals surface area contributed by atoms with Crippen LogP contribution in [0, 0.1) is 17.2 Å². The Kier molecular flexibility index (Phi) is 5.04. The van der Waals surface area contributed by atoms with Crippen molar-refractivity contribution in [1.29, 1.82) is 0 Å². The van der Waals surface area contributed by atoms with E-state index in [9.17, 15) is 14.0 Å². The third-order valence-electron chi connectivity index (χ3n) is 4.94. The predicted octanol–water partition coefficient (Wildman–Crippen LogP) is 2.69. The van der Waals surface area contributed by atoms with Crippen LogP contribution in [0.15, 0.2) is 36.7 Å². The van der Waals surface area contributed by atoms with Crippen LogP contribution in [-0.4, -0.2) is 40.1 Å². The highest BCUT2D eigenvalue weighted by molar-refractivity contribution is 5.82. The molecule has 1 aliphatic rings. The number of halogens is 1. The molecule has 2 atom stereocenters. The number of amides is 2. The molecule has 0 radical (unpaired) electrons. The van der Waals surface area contributed by atoms with Crippen molar-refractivity contribution in [2.75, 3.05) is 13.6 Å². The van der Waals surface area contributed by atoms with E-state index in [0.717, 1.165) is 11.3 Å². The molecule has 144 valence electrons. The van der Waals surface area contributed by atoms with Gasteiger partial charge in [-0.1, -0.05) is 20.8 Å². The summed E-state index contributed by atoms with van der Waals surface area (Å²) >= 11 is 0. The molecular weight excluding hydrogens is 347 g/mol. The number of likely N-dealkylation sites (tertiary alicyclic amines) is 1. The first-order chi connectivity index (χ1) is 12.7. The molecule has 2 amide bonds. The van der Waals surface area contributed by atoms with E-state index < -0.39 is 5.41 Å². The van der Waals surface area contributed by atoms with Gasteiger partial charge in [-0.3, -0.25) is 9.59 Å². The van der Waals surface area contributed by atoms with Gasteiger partial charge in [0.15, 0.2) is 0 Å². The van der Waals surface area contributed by atoms with E-state index in [1.807, 2.05) is 27.0 Å². The molecule has 6 nitrogen and oxygen atoms in total. The van der Waals surface area contributed by atoms with Crippen LogP contribution in [-0.2, 0) is 9.59 Å². The Labute approximate surface area is 158 Å². The normalized spacial score (nSPS) is 20.2. The average molecular weight is 372 g/mol. The van der Waals surface area contributed by atoms with E-state index in [0.29, 0.717) is 13.0 Å². The second-order valence-electron chi connectivity index (χ2n) is 8.07. The number of benzene rings is 1. The molecule has 1 aromatic carbocycles. The van der Waals surface area contributed by atoms with Crippen molar-refractivity contribution in [3.05, 3.63) is 48.0 Å². The molecule has 1 saturated heterocycles. The van der Waals surface area contributed by atoms with Crippen LogP contribution in [0.5, 0.6) is 0 Å². The standard InChI is InChI=1S/C20H25FN4O2/c1-20(2,3)19(27)22-10-13-9-17(26)24(4)18(13)14-11-23-25(12-14)16-7-5-15(21)6-8-16/h5-8,11-13,18H,9-10H2,1-4H3,(H,22,27)/t13-,18+/m0/s1. The summed E-state index contributed by atoms with van der Waals surface area (Å²) in [6, 6.07) is 5.90. The Balaban J connectivity index is 1.79. The number of carbonyl (C=O) groups is 2. The lowest BCUT2D eigenvalue weighted by atomic mass is 9.93. The zero-order valence-electron chi connectivity index (χ0n) is 16.1. The molecule has 1 aromatic heterocycles. The summed E-state index contributed by atoms with van der Waals surface area (Å²) in [5, 5.41) is 7.32. The van der Waals surface area contributed by atoms with Crippen LogP contribution in [0.3, 0.4) is 0 Å². The summed E-state index contributed by atoms with van der Waals surface area (Å²) < 4.78 is 14.8. The van der Waals surface area contributed by atoms with Crippen molar-refractivity contribution in [2.24, 2.45) is 11.3 Å². The topological polar surface area (TPSA) is 67.2 Å². The van der Waals surface area contributed by atoms with Crippen molar-refractivity contribution in [3.8, 4) is 5.69 Å². The number of nitrogens with zero attached hydrogens (tertiary/aromatic N) is 3. The molecule has 0 unspecified atom stereocenters. The van der Waals surface area contributed by atoms with Crippen LogP contribution in [0.2, 0.25) is 0 Å². The van der Waals surface area contributed by atoms with Gasteiger partial charge >= 0.3 is 0 Å². The first-order valence-electron chi connectivity index (χ1n) is 9.01. The first kappa shape index (κ1) is 19.1. The predicted molar refractivity (Wildman–Crippen MR) is 99.6 cm³/mol. The number of aromatic nitrogens is 2. The summed E-state index contributed by atoms with van der Waals surface area (Å²) in [5.41, 5.74) is 1.16. The molecule has 1 fully saturated rings. The third kappa shape index (κ3) is 4.02. The molecule has 2 heterocycles. The van der Waals surface area contributed by atoms with Crippen LogP contribution >= 0.6 is 0 Å². The van der Waals surface area contributed by atoms with Gasteiger partial charge in [0.05, 0.1) is 17.9 Å². The molecule has 3 rings (SSSR count). The van der Waals surface area contributed by atoms with E-state index >= 15 is 0 Å². The minimum Gasteiger partial charge on any atom is -0.355 e. The minimum atomic E-state index is -0.475. The van der Waals surface area contributed by atoms with Crippen molar-refractivity contribution < 1.29 is 14.0 Å². The third-order valence-corrected chi connectivity index (χ3v) is 4.94. The number of carbonyl (C=O) groups excluding carboxylic acids is 2. The first-order valence-corrected chi connectivity index (χ1v) is 9.01. The molecule has 1 aliphatic heterocycles. The minimum absolute atomic E-state index is 0.0281. The van der Waals surface area contributed by atoms with Crippen molar-refractivity contribution in [2.45, 2.75) is 33.2 Å². The smallest absolute Gasteiger partial charge is 0.225 e. The average Bonchev–Trinajstić information content (AvgIpc) is 3.18. The zero-order valence-corrected chi connectivity index (χ0v) is 16.1. The van der Waals surface area contributed by atoms with Gasteiger partial charge in [-0.15, -0.1) is 0 Å². The van der Waals surface area contributed by atoms with Crippen LogP contribution in [0.25, 0.3) is 5.69 Å². The van der Waals surface area contributed by atoms with Gasteiger partial charge in [-0.25, -0.2) is 9.07 Å².